The first-order valence-electron chi connectivity index (χ1n) is 5.53. The van der Waals surface area contributed by atoms with Crippen molar-refractivity contribution in [1.29, 1.82) is 0 Å². The van der Waals surface area contributed by atoms with Crippen LogP contribution in [0.3, 0.4) is 0 Å². The summed E-state index contributed by atoms with van der Waals surface area (Å²) in [6, 6.07) is 6.30. The van der Waals surface area contributed by atoms with Gasteiger partial charge in [-0.2, -0.15) is 0 Å². The van der Waals surface area contributed by atoms with Gasteiger partial charge in [0.1, 0.15) is 5.82 Å². The summed E-state index contributed by atoms with van der Waals surface area (Å²) in [5.41, 5.74) is 0.403. The molecular formula is C13H14FNO2. The van der Waals surface area contributed by atoms with Crippen LogP contribution >= 0.6 is 0 Å². The Balaban J connectivity index is 1.93. The van der Waals surface area contributed by atoms with E-state index in [9.17, 15) is 9.18 Å². The molecular weight excluding hydrogens is 221 g/mol. The lowest BCUT2D eigenvalue weighted by molar-refractivity contribution is -0.132. The molecule has 90 valence electrons. The second-order valence-electron chi connectivity index (χ2n) is 4.15. The molecule has 0 saturated carbocycles. The van der Waals surface area contributed by atoms with Gasteiger partial charge in [-0.05, 0) is 12.1 Å². The third kappa shape index (κ3) is 2.71. The topological polar surface area (TPSA) is 40.5 Å². The van der Waals surface area contributed by atoms with E-state index in [-0.39, 0.29) is 24.2 Å². The summed E-state index contributed by atoms with van der Waals surface area (Å²) in [4.78, 5) is 13.2. The number of likely N-dealkylation sites (tertiary alicyclic amines) is 1. The highest BCUT2D eigenvalue weighted by Crippen LogP contribution is 2.15. The minimum atomic E-state index is -0.339. The van der Waals surface area contributed by atoms with E-state index in [1.54, 1.807) is 23.1 Å². The molecule has 1 aromatic rings. The average Bonchev–Trinajstić information content (AvgIpc) is 2.26. The fraction of sp³-hybridized carbons (Fsp3) is 0.308. The number of rotatable bonds is 3. The summed E-state index contributed by atoms with van der Waals surface area (Å²) in [5, 5.41) is 8.82. The molecule has 1 heterocycles. The summed E-state index contributed by atoms with van der Waals surface area (Å²) >= 11 is 0. The number of benzene rings is 1. The lowest BCUT2D eigenvalue weighted by Crippen LogP contribution is -2.50. The molecule has 0 radical (unpaired) electrons. The second kappa shape index (κ2) is 5.10. The van der Waals surface area contributed by atoms with Crippen LogP contribution in [0, 0.1) is 11.7 Å². The fourth-order valence-corrected chi connectivity index (χ4v) is 1.74. The van der Waals surface area contributed by atoms with Crippen molar-refractivity contribution in [3.63, 3.8) is 0 Å². The zero-order chi connectivity index (χ0) is 12.3. The van der Waals surface area contributed by atoms with Crippen molar-refractivity contribution < 1.29 is 14.3 Å². The Labute approximate surface area is 99.2 Å². The van der Waals surface area contributed by atoms with Crippen LogP contribution in [0.4, 0.5) is 4.39 Å². The summed E-state index contributed by atoms with van der Waals surface area (Å²) in [6.07, 6.45) is 2.84. The number of amides is 1. The van der Waals surface area contributed by atoms with Gasteiger partial charge >= 0.3 is 0 Å². The van der Waals surface area contributed by atoms with Crippen LogP contribution in [-0.2, 0) is 4.79 Å². The molecule has 0 aliphatic carbocycles. The zero-order valence-electron chi connectivity index (χ0n) is 9.34. The lowest BCUT2D eigenvalue weighted by atomic mass is 10.0. The van der Waals surface area contributed by atoms with Gasteiger partial charge in [-0.3, -0.25) is 4.79 Å². The van der Waals surface area contributed by atoms with Crippen LogP contribution in [0.2, 0.25) is 0 Å². The molecule has 0 unspecified atom stereocenters. The first-order valence-corrected chi connectivity index (χ1v) is 5.53. The third-order valence-corrected chi connectivity index (χ3v) is 2.84. The van der Waals surface area contributed by atoms with Crippen molar-refractivity contribution in [3.8, 4) is 0 Å². The van der Waals surface area contributed by atoms with Gasteiger partial charge in [0.2, 0.25) is 5.91 Å². The number of halogens is 1. The summed E-state index contributed by atoms with van der Waals surface area (Å²) in [7, 11) is 0. The Bertz CT molecular complexity index is 439. The SMILES string of the molecule is O=C(C=Cc1ccccc1F)N1CC(CO)C1. The second-order valence-corrected chi connectivity index (χ2v) is 4.15. The number of hydrogen-bond donors (Lipinski definition) is 1. The number of carbonyl (C=O) groups excluding carboxylic acids is 1. The highest BCUT2D eigenvalue weighted by atomic mass is 19.1. The van der Waals surface area contributed by atoms with Crippen LogP contribution in [0.1, 0.15) is 5.56 Å². The van der Waals surface area contributed by atoms with Gasteiger partial charge in [0.05, 0.1) is 0 Å². The van der Waals surface area contributed by atoms with E-state index in [0.29, 0.717) is 18.7 Å². The molecule has 1 saturated heterocycles. The van der Waals surface area contributed by atoms with Gasteiger partial charge in [0, 0.05) is 37.3 Å². The molecule has 1 N–H and O–H groups in total. The van der Waals surface area contributed by atoms with Crippen LogP contribution in [0.15, 0.2) is 30.3 Å². The van der Waals surface area contributed by atoms with E-state index in [2.05, 4.69) is 0 Å². The lowest BCUT2D eigenvalue weighted by Gasteiger charge is -2.37. The number of nitrogens with zero attached hydrogens (tertiary/aromatic N) is 1. The number of carbonyl (C=O) groups is 1. The van der Waals surface area contributed by atoms with Crippen LogP contribution in [0.25, 0.3) is 6.08 Å². The first kappa shape index (κ1) is 11.8. The van der Waals surface area contributed by atoms with Crippen molar-refractivity contribution in [3.05, 3.63) is 41.7 Å². The fourth-order valence-electron chi connectivity index (χ4n) is 1.74. The number of hydrogen-bond acceptors (Lipinski definition) is 2. The summed E-state index contributed by atoms with van der Waals surface area (Å²) in [6.45, 7) is 1.27. The molecule has 3 nitrogen and oxygen atoms in total. The smallest absolute Gasteiger partial charge is 0.246 e. The molecule has 1 amide bonds. The molecule has 1 aromatic carbocycles. The molecule has 4 heteroatoms. The van der Waals surface area contributed by atoms with Crippen molar-refractivity contribution >= 4 is 12.0 Å². The highest BCUT2D eigenvalue weighted by molar-refractivity contribution is 5.92. The van der Waals surface area contributed by atoms with Gasteiger partial charge < -0.3 is 10.0 Å². The third-order valence-electron chi connectivity index (χ3n) is 2.84. The highest BCUT2D eigenvalue weighted by Gasteiger charge is 2.28. The van der Waals surface area contributed by atoms with Crippen molar-refractivity contribution in [2.75, 3.05) is 19.7 Å². The van der Waals surface area contributed by atoms with E-state index < -0.39 is 0 Å². The Hall–Kier alpha value is -1.68. The normalized spacial score (nSPS) is 16.2. The van der Waals surface area contributed by atoms with Crippen LogP contribution in [-0.4, -0.2) is 35.6 Å². The molecule has 1 aliphatic heterocycles. The van der Waals surface area contributed by atoms with Gasteiger partial charge in [0.25, 0.3) is 0 Å². The Morgan fingerprint density at radius 1 is 1.47 bits per heavy atom. The summed E-state index contributed by atoms with van der Waals surface area (Å²) in [5.74, 6) is -0.285. The zero-order valence-corrected chi connectivity index (χ0v) is 9.34. The van der Waals surface area contributed by atoms with Gasteiger partial charge in [-0.25, -0.2) is 4.39 Å². The average molecular weight is 235 g/mol. The van der Waals surface area contributed by atoms with E-state index >= 15 is 0 Å². The first-order chi connectivity index (χ1) is 8.20. The van der Waals surface area contributed by atoms with Gasteiger partial charge in [-0.15, -0.1) is 0 Å². The minimum absolute atomic E-state index is 0.112. The maximum Gasteiger partial charge on any atom is 0.246 e. The monoisotopic (exact) mass is 235 g/mol. The number of aliphatic hydroxyl groups excluding tert-OH is 1. The molecule has 0 bridgehead atoms. The molecule has 1 fully saturated rings. The van der Waals surface area contributed by atoms with Crippen molar-refractivity contribution in [1.82, 2.24) is 4.90 Å². The van der Waals surface area contributed by atoms with Gasteiger partial charge in [-0.1, -0.05) is 18.2 Å². The predicted molar refractivity (Wildman–Crippen MR) is 62.6 cm³/mol. The Morgan fingerprint density at radius 3 is 2.82 bits per heavy atom. The van der Waals surface area contributed by atoms with E-state index in [4.69, 9.17) is 5.11 Å². The molecule has 0 spiro atoms. The molecule has 0 atom stereocenters. The van der Waals surface area contributed by atoms with Crippen molar-refractivity contribution in [2.24, 2.45) is 5.92 Å². The van der Waals surface area contributed by atoms with Crippen LogP contribution in [0.5, 0.6) is 0 Å². The maximum atomic E-state index is 13.2. The molecule has 17 heavy (non-hydrogen) atoms. The molecule has 0 aromatic heterocycles. The van der Waals surface area contributed by atoms with E-state index in [0.717, 1.165) is 0 Å². The minimum Gasteiger partial charge on any atom is -0.396 e. The quantitative estimate of drug-likeness (QED) is 0.802. The number of aliphatic hydroxyl groups is 1. The van der Waals surface area contributed by atoms with Crippen molar-refractivity contribution in [2.45, 2.75) is 0 Å². The van der Waals surface area contributed by atoms with Crippen LogP contribution < -0.4 is 0 Å². The predicted octanol–water partition coefficient (Wildman–Crippen LogP) is 1.29. The molecule has 1 aliphatic rings. The largest absolute Gasteiger partial charge is 0.396 e. The summed E-state index contributed by atoms with van der Waals surface area (Å²) < 4.78 is 13.2. The molecule has 2 rings (SSSR count). The standard InChI is InChI=1S/C13H14FNO2/c14-12-4-2-1-3-11(12)5-6-13(17)15-7-10(8-15)9-16/h1-6,10,16H,7-9H2. The Kier molecular flexibility index (Phi) is 3.54. The maximum absolute atomic E-state index is 13.2. The van der Waals surface area contributed by atoms with E-state index in [1.165, 1.54) is 18.2 Å². The van der Waals surface area contributed by atoms with E-state index in [1.807, 2.05) is 0 Å². The van der Waals surface area contributed by atoms with Gasteiger partial charge in [0.15, 0.2) is 0 Å². The Morgan fingerprint density at radius 2 is 2.18 bits per heavy atom.